The number of halogens is 2. The van der Waals surface area contributed by atoms with Gasteiger partial charge < -0.3 is 10.4 Å². The summed E-state index contributed by atoms with van der Waals surface area (Å²) in [6, 6.07) is 4.96. The fourth-order valence-corrected chi connectivity index (χ4v) is 5.03. The summed E-state index contributed by atoms with van der Waals surface area (Å²) < 4.78 is 41.2. The van der Waals surface area contributed by atoms with Crippen LogP contribution in [0.25, 0.3) is 11.3 Å². The van der Waals surface area contributed by atoms with Gasteiger partial charge in [-0.25, -0.2) is 19.2 Å². The molecule has 0 atom stereocenters. The highest BCUT2D eigenvalue weighted by Gasteiger charge is 2.25. The van der Waals surface area contributed by atoms with Gasteiger partial charge in [0.05, 0.1) is 22.6 Å². The summed E-state index contributed by atoms with van der Waals surface area (Å²) in [6.07, 6.45) is 1.18. The van der Waals surface area contributed by atoms with E-state index < -0.39 is 21.8 Å². The maximum atomic E-state index is 13.4. The third-order valence-corrected chi connectivity index (χ3v) is 6.62. The lowest BCUT2D eigenvalue weighted by molar-refractivity contribution is -0.114. The van der Waals surface area contributed by atoms with E-state index in [1.165, 1.54) is 38.2 Å². The molecule has 0 unspecified atom stereocenters. The summed E-state index contributed by atoms with van der Waals surface area (Å²) in [5, 5.41) is 11.2. The second kappa shape index (κ2) is 8.57. The predicted molar refractivity (Wildman–Crippen MR) is 114 cm³/mol. The van der Waals surface area contributed by atoms with Crippen LogP contribution in [0.15, 0.2) is 35.5 Å². The van der Waals surface area contributed by atoms with Gasteiger partial charge in [-0.15, -0.1) is 0 Å². The molecule has 0 aliphatic carbocycles. The molecule has 3 aromatic rings. The Hall–Kier alpha value is -3.09. The lowest BCUT2D eigenvalue weighted by atomic mass is 10.1. The van der Waals surface area contributed by atoms with Gasteiger partial charge in [-0.2, -0.15) is 8.42 Å². The van der Waals surface area contributed by atoms with Crippen LogP contribution in [0.4, 0.5) is 15.2 Å². The molecule has 0 saturated carbocycles. The highest BCUT2D eigenvalue weighted by molar-refractivity contribution is 7.92. The first-order chi connectivity index (χ1) is 14.5. The second-order valence-corrected chi connectivity index (χ2v) is 9.27. The van der Waals surface area contributed by atoms with Crippen LogP contribution in [0.2, 0.25) is 5.02 Å². The number of aromatic nitrogens is 2. The van der Waals surface area contributed by atoms with Crippen molar-refractivity contribution in [2.75, 3.05) is 10.0 Å². The third-order valence-electron chi connectivity index (χ3n) is 3.84. The molecule has 0 aliphatic heterocycles. The second-order valence-electron chi connectivity index (χ2n) is 6.26. The van der Waals surface area contributed by atoms with Crippen molar-refractivity contribution in [1.29, 1.82) is 0 Å². The van der Waals surface area contributed by atoms with Crippen molar-refractivity contribution in [3.63, 3.8) is 0 Å². The molecule has 0 radical (unpaired) electrons. The van der Waals surface area contributed by atoms with E-state index in [4.69, 9.17) is 11.6 Å². The van der Waals surface area contributed by atoms with Gasteiger partial charge in [0.25, 0.3) is 10.0 Å². The first-order valence-electron chi connectivity index (χ1n) is 8.44. The van der Waals surface area contributed by atoms with Gasteiger partial charge in [-0.3, -0.25) is 9.52 Å². The number of anilines is 2. The molecule has 0 aliphatic rings. The van der Waals surface area contributed by atoms with E-state index in [-0.39, 0.29) is 42.8 Å². The van der Waals surface area contributed by atoms with Crippen LogP contribution in [-0.4, -0.2) is 35.4 Å². The molecule has 0 saturated heterocycles. The number of carbonyl (C=O) groups is 2. The standard InChI is InChI=1S/C18H14ClFN4O5S2/c1-8-5-11(22-9(2)25)7-21-16(8)31(28,29)24-18-23-14(15(30-18)17(26)27)10-3-4-13(20)12(19)6-10/h3-7H,1-2H3,(H,22,25)(H,23,24)(H,26,27). The Kier molecular flexibility index (Phi) is 6.25. The van der Waals surface area contributed by atoms with Gasteiger partial charge in [-0.05, 0) is 36.8 Å². The average molecular weight is 485 g/mol. The molecule has 1 amide bonds. The van der Waals surface area contributed by atoms with Crippen LogP contribution in [0.5, 0.6) is 0 Å². The quantitative estimate of drug-likeness (QED) is 0.484. The van der Waals surface area contributed by atoms with Gasteiger partial charge >= 0.3 is 5.97 Å². The van der Waals surface area contributed by atoms with Crippen molar-refractivity contribution < 1.29 is 27.5 Å². The number of hydrogen-bond acceptors (Lipinski definition) is 7. The van der Waals surface area contributed by atoms with Crippen LogP contribution in [0.3, 0.4) is 0 Å². The third kappa shape index (κ3) is 4.98. The minimum absolute atomic E-state index is 0.0669. The number of pyridine rings is 1. The van der Waals surface area contributed by atoms with Crippen molar-refractivity contribution >= 4 is 55.7 Å². The highest BCUT2D eigenvalue weighted by atomic mass is 35.5. The number of rotatable bonds is 6. The van der Waals surface area contributed by atoms with E-state index in [1.54, 1.807) is 0 Å². The molecule has 2 aromatic heterocycles. The molecule has 0 bridgehead atoms. The highest BCUT2D eigenvalue weighted by Crippen LogP contribution is 2.34. The number of nitrogens with one attached hydrogen (secondary N) is 2. The summed E-state index contributed by atoms with van der Waals surface area (Å²) in [5.74, 6) is -2.37. The average Bonchev–Trinajstić information content (AvgIpc) is 3.06. The minimum Gasteiger partial charge on any atom is -0.477 e. The smallest absolute Gasteiger partial charge is 0.348 e. The Balaban J connectivity index is 1.98. The van der Waals surface area contributed by atoms with Gasteiger partial charge in [0, 0.05) is 12.5 Å². The topological polar surface area (TPSA) is 138 Å². The molecule has 0 fully saturated rings. The van der Waals surface area contributed by atoms with Crippen LogP contribution < -0.4 is 10.0 Å². The van der Waals surface area contributed by atoms with Crippen LogP contribution in [-0.2, 0) is 14.8 Å². The molecule has 2 heterocycles. The Bertz CT molecular complexity index is 1310. The fraction of sp³-hybridized carbons (Fsp3) is 0.111. The number of aryl methyl sites for hydroxylation is 1. The zero-order valence-corrected chi connectivity index (χ0v) is 18.3. The van der Waals surface area contributed by atoms with E-state index in [1.807, 2.05) is 0 Å². The van der Waals surface area contributed by atoms with Crippen molar-refractivity contribution in [3.8, 4) is 11.3 Å². The van der Waals surface area contributed by atoms with Crippen LogP contribution >= 0.6 is 22.9 Å². The molecular weight excluding hydrogens is 471 g/mol. The SMILES string of the molecule is CC(=O)Nc1cnc(S(=O)(=O)Nc2nc(-c3ccc(F)c(Cl)c3)c(C(=O)O)s2)c(C)c1. The number of carboxylic acid groups (broad SMARTS) is 1. The lowest BCUT2D eigenvalue weighted by Crippen LogP contribution is -2.16. The summed E-state index contributed by atoms with van der Waals surface area (Å²) >= 11 is 6.35. The van der Waals surface area contributed by atoms with Crippen molar-refractivity contribution in [2.24, 2.45) is 0 Å². The predicted octanol–water partition coefficient (Wildman–Crippen LogP) is 3.76. The van der Waals surface area contributed by atoms with Gasteiger partial charge in [0.2, 0.25) is 5.91 Å². The maximum Gasteiger partial charge on any atom is 0.348 e. The first kappa shape index (κ1) is 22.6. The lowest BCUT2D eigenvalue weighted by Gasteiger charge is -2.09. The molecule has 13 heteroatoms. The van der Waals surface area contributed by atoms with E-state index in [2.05, 4.69) is 20.0 Å². The molecule has 1 aromatic carbocycles. The van der Waals surface area contributed by atoms with Crippen LogP contribution in [0.1, 0.15) is 22.2 Å². The van der Waals surface area contributed by atoms with E-state index in [0.717, 1.165) is 6.07 Å². The molecular formula is C18H14ClFN4O5S2. The van der Waals surface area contributed by atoms with E-state index in [9.17, 15) is 27.5 Å². The molecule has 3 N–H and O–H groups in total. The number of nitrogens with zero attached hydrogens (tertiary/aromatic N) is 2. The van der Waals surface area contributed by atoms with Gasteiger partial charge in [-0.1, -0.05) is 22.9 Å². The van der Waals surface area contributed by atoms with Crippen LogP contribution in [0, 0.1) is 12.7 Å². The normalized spacial score (nSPS) is 11.2. The Morgan fingerprint density at radius 3 is 2.55 bits per heavy atom. The molecule has 9 nitrogen and oxygen atoms in total. The van der Waals surface area contributed by atoms with Crippen molar-refractivity contribution in [2.45, 2.75) is 18.9 Å². The number of sulfonamides is 1. The van der Waals surface area contributed by atoms with E-state index in [0.29, 0.717) is 17.0 Å². The molecule has 162 valence electrons. The number of thiazole rings is 1. The number of aromatic carboxylic acids is 1. The molecule has 3 rings (SSSR count). The molecule has 0 spiro atoms. The first-order valence-corrected chi connectivity index (χ1v) is 11.1. The monoisotopic (exact) mass is 484 g/mol. The number of carboxylic acids is 1. The zero-order chi connectivity index (χ0) is 22.9. The number of hydrogen-bond donors (Lipinski definition) is 3. The number of carbonyl (C=O) groups excluding carboxylic acids is 1. The summed E-state index contributed by atoms with van der Waals surface area (Å²) in [6.45, 7) is 2.79. The zero-order valence-electron chi connectivity index (χ0n) is 15.9. The molecule has 31 heavy (non-hydrogen) atoms. The minimum atomic E-state index is -4.22. The van der Waals surface area contributed by atoms with E-state index >= 15 is 0 Å². The summed E-state index contributed by atoms with van der Waals surface area (Å²) in [7, 11) is -4.22. The van der Waals surface area contributed by atoms with Gasteiger partial charge in [0.15, 0.2) is 10.2 Å². The largest absolute Gasteiger partial charge is 0.477 e. The Labute approximate surface area is 185 Å². The fourth-order valence-electron chi connectivity index (χ4n) is 2.63. The summed E-state index contributed by atoms with van der Waals surface area (Å²) in [5.41, 5.74) is 0.711. The van der Waals surface area contributed by atoms with Crippen molar-refractivity contribution in [1.82, 2.24) is 9.97 Å². The maximum absolute atomic E-state index is 13.4. The summed E-state index contributed by atoms with van der Waals surface area (Å²) in [4.78, 5) is 30.4. The van der Waals surface area contributed by atoms with Gasteiger partial charge in [0.1, 0.15) is 10.7 Å². The van der Waals surface area contributed by atoms with Crippen molar-refractivity contribution in [3.05, 3.63) is 51.7 Å². The Morgan fingerprint density at radius 2 is 1.97 bits per heavy atom. The Morgan fingerprint density at radius 1 is 1.26 bits per heavy atom. The number of benzene rings is 1. The number of amides is 1.